The number of carbonyl (C=O) groups is 2. The fraction of sp³-hybridized carbons (Fsp3) is 0.915. The number of hydrogen-bond acceptors (Lipinski definition) is 5. The molecule has 0 aliphatic carbocycles. The van der Waals surface area contributed by atoms with Crippen LogP contribution in [0, 0.1) is 0 Å². The van der Waals surface area contributed by atoms with Crippen LogP contribution in [0.2, 0.25) is 0 Å². The number of nitrogens with one attached hydrogen (secondary N) is 1. The summed E-state index contributed by atoms with van der Waals surface area (Å²) in [6.07, 6.45) is 83.9. The van der Waals surface area contributed by atoms with Crippen molar-refractivity contribution in [2.24, 2.45) is 0 Å². The topological polar surface area (TPSA) is 95.9 Å². The Hall–Kier alpha value is -1.66. The lowest BCUT2D eigenvalue weighted by molar-refractivity contribution is -0.143. The second kappa shape index (κ2) is 66.8. The number of esters is 1. The van der Waals surface area contributed by atoms with E-state index in [2.05, 4.69) is 31.3 Å². The van der Waals surface area contributed by atoms with Crippen LogP contribution in [0.1, 0.15) is 393 Å². The average Bonchev–Trinajstić information content (AvgIpc) is 3.43. The Labute approximate surface area is 481 Å². The largest absolute Gasteiger partial charge is 0.466 e. The summed E-state index contributed by atoms with van der Waals surface area (Å²) in [4.78, 5) is 24.6. The van der Waals surface area contributed by atoms with E-state index < -0.39 is 12.1 Å². The van der Waals surface area contributed by atoms with Crippen LogP contribution >= 0.6 is 0 Å². The highest BCUT2D eigenvalue weighted by Gasteiger charge is 2.18. The smallest absolute Gasteiger partial charge is 0.305 e. The summed E-state index contributed by atoms with van der Waals surface area (Å²) in [7, 11) is 0. The molecule has 0 aromatic heterocycles. The van der Waals surface area contributed by atoms with Gasteiger partial charge in [-0.2, -0.15) is 0 Å². The van der Waals surface area contributed by atoms with Gasteiger partial charge in [-0.3, -0.25) is 9.59 Å². The number of carbonyl (C=O) groups excluding carboxylic acids is 2. The number of amides is 1. The van der Waals surface area contributed by atoms with Gasteiger partial charge in [0.05, 0.1) is 25.4 Å². The molecular weight excluding hydrogens is 947 g/mol. The molecule has 0 saturated carbocycles. The van der Waals surface area contributed by atoms with Gasteiger partial charge in [-0.1, -0.05) is 346 Å². The Morgan fingerprint density at radius 3 is 0.922 bits per heavy atom. The second-order valence-corrected chi connectivity index (χ2v) is 24.2. The van der Waals surface area contributed by atoms with Gasteiger partial charge in [0.15, 0.2) is 0 Å². The number of aliphatic hydroxyl groups is 2. The van der Waals surface area contributed by atoms with E-state index in [9.17, 15) is 19.8 Å². The molecule has 77 heavy (non-hydrogen) atoms. The van der Waals surface area contributed by atoms with Crippen molar-refractivity contribution in [1.82, 2.24) is 5.32 Å². The molecule has 0 aromatic carbocycles. The summed E-state index contributed by atoms with van der Waals surface area (Å²) in [5.74, 6) is -0.0539. The molecule has 1 amide bonds. The van der Waals surface area contributed by atoms with Gasteiger partial charge in [0.25, 0.3) is 0 Å². The zero-order chi connectivity index (χ0) is 55.7. The highest BCUT2D eigenvalue weighted by molar-refractivity contribution is 5.76. The first-order valence-electron chi connectivity index (χ1n) is 35.1. The van der Waals surface area contributed by atoms with E-state index in [1.54, 1.807) is 6.08 Å². The van der Waals surface area contributed by atoms with Crippen molar-refractivity contribution < 1.29 is 24.5 Å². The average molecular weight is 1080 g/mol. The maximum atomic E-state index is 12.5. The lowest BCUT2D eigenvalue weighted by Crippen LogP contribution is -2.45. The Morgan fingerprint density at radius 1 is 0.351 bits per heavy atom. The molecule has 0 saturated heterocycles. The molecule has 0 bridgehead atoms. The number of unbranched alkanes of at least 4 members (excludes halogenated alkanes) is 53. The number of hydrogen-bond donors (Lipinski definition) is 3. The van der Waals surface area contributed by atoms with Crippen molar-refractivity contribution in [2.45, 2.75) is 405 Å². The standard InChI is InChI=1S/C71H137NO5/c1-3-5-7-9-11-13-15-17-18-19-20-21-24-27-30-33-36-40-43-47-51-55-59-63-69(74)68(67-73)72-70(75)64-60-56-52-48-44-41-37-34-31-28-25-22-23-26-29-32-35-38-42-46-50-54-58-62-66-77-71(76)65-61-57-53-49-45-39-16-14-12-10-8-6-4-2/h25,28,59,63,68-69,73-74H,3-24,26-27,29-58,60-62,64-67H2,1-2H3,(H,72,75)/b28-25-,63-59+. The molecule has 2 atom stereocenters. The minimum absolute atomic E-state index is 0.0143. The summed E-state index contributed by atoms with van der Waals surface area (Å²) in [5, 5.41) is 23.3. The molecule has 0 aromatic rings. The fourth-order valence-electron chi connectivity index (χ4n) is 11.1. The van der Waals surface area contributed by atoms with Gasteiger partial charge in [0, 0.05) is 12.8 Å². The van der Waals surface area contributed by atoms with E-state index >= 15 is 0 Å². The van der Waals surface area contributed by atoms with Gasteiger partial charge in [-0.15, -0.1) is 0 Å². The van der Waals surface area contributed by atoms with Gasteiger partial charge in [0.2, 0.25) is 5.91 Å². The first-order valence-corrected chi connectivity index (χ1v) is 35.1. The summed E-state index contributed by atoms with van der Waals surface area (Å²) < 4.78 is 5.49. The maximum Gasteiger partial charge on any atom is 0.305 e. The highest BCUT2D eigenvalue weighted by atomic mass is 16.5. The Balaban J connectivity index is 3.43. The predicted molar refractivity (Wildman–Crippen MR) is 338 cm³/mol. The van der Waals surface area contributed by atoms with E-state index in [-0.39, 0.29) is 18.5 Å². The first-order chi connectivity index (χ1) is 38.0. The zero-order valence-electron chi connectivity index (χ0n) is 52.2. The van der Waals surface area contributed by atoms with Crippen molar-refractivity contribution in [3.8, 4) is 0 Å². The quantitative estimate of drug-likeness (QED) is 0.0320. The number of rotatable bonds is 66. The van der Waals surface area contributed by atoms with Crippen LogP contribution in [0.4, 0.5) is 0 Å². The summed E-state index contributed by atoms with van der Waals surface area (Å²) in [5.41, 5.74) is 0. The first kappa shape index (κ1) is 75.3. The van der Waals surface area contributed by atoms with Crippen LogP contribution in [0.15, 0.2) is 24.3 Å². The van der Waals surface area contributed by atoms with Gasteiger partial charge in [-0.25, -0.2) is 0 Å². The molecule has 6 heteroatoms. The third kappa shape index (κ3) is 63.4. The third-order valence-electron chi connectivity index (χ3n) is 16.5. The zero-order valence-corrected chi connectivity index (χ0v) is 52.2. The molecule has 0 radical (unpaired) electrons. The Morgan fingerprint density at radius 2 is 0.610 bits per heavy atom. The highest BCUT2D eigenvalue weighted by Crippen LogP contribution is 2.19. The molecule has 0 rings (SSSR count). The van der Waals surface area contributed by atoms with Crippen molar-refractivity contribution in [1.29, 1.82) is 0 Å². The van der Waals surface area contributed by atoms with E-state index in [1.165, 1.54) is 327 Å². The van der Waals surface area contributed by atoms with E-state index in [4.69, 9.17) is 4.74 Å². The lowest BCUT2D eigenvalue weighted by atomic mass is 10.0. The minimum Gasteiger partial charge on any atom is -0.466 e. The Kier molecular flexibility index (Phi) is 65.4. The van der Waals surface area contributed by atoms with Crippen molar-refractivity contribution in [3.63, 3.8) is 0 Å². The number of allylic oxidation sites excluding steroid dienone is 3. The minimum atomic E-state index is -0.848. The molecule has 0 heterocycles. The number of ether oxygens (including phenoxy) is 1. The van der Waals surface area contributed by atoms with E-state index in [0.717, 1.165) is 38.5 Å². The van der Waals surface area contributed by atoms with E-state index in [1.807, 2.05) is 6.08 Å². The molecule has 2 unspecified atom stereocenters. The Bertz CT molecular complexity index is 1200. The predicted octanol–water partition coefficient (Wildman–Crippen LogP) is 22.5. The lowest BCUT2D eigenvalue weighted by Gasteiger charge is -2.20. The van der Waals surface area contributed by atoms with Gasteiger partial charge < -0.3 is 20.3 Å². The van der Waals surface area contributed by atoms with Crippen molar-refractivity contribution >= 4 is 11.9 Å². The normalized spacial score (nSPS) is 12.6. The fourth-order valence-corrected chi connectivity index (χ4v) is 11.1. The monoisotopic (exact) mass is 1080 g/mol. The number of aliphatic hydroxyl groups excluding tert-OH is 2. The van der Waals surface area contributed by atoms with E-state index in [0.29, 0.717) is 19.4 Å². The molecule has 6 nitrogen and oxygen atoms in total. The molecule has 0 aliphatic rings. The maximum absolute atomic E-state index is 12.5. The van der Waals surface area contributed by atoms with Gasteiger partial charge in [0.1, 0.15) is 0 Å². The van der Waals surface area contributed by atoms with Crippen molar-refractivity contribution in [2.75, 3.05) is 13.2 Å². The van der Waals surface area contributed by atoms with Crippen molar-refractivity contribution in [3.05, 3.63) is 24.3 Å². The van der Waals surface area contributed by atoms with Gasteiger partial charge in [-0.05, 0) is 57.8 Å². The summed E-state index contributed by atoms with van der Waals surface area (Å²) in [6.45, 7) is 4.94. The summed E-state index contributed by atoms with van der Waals surface area (Å²) >= 11 is 0. The third-order valence-corrected chi connectivity index (χ3v) is 16.5. The van der Waals surface area contributed by atoms with Crippen LogP contribution in [-0.2, 0) is 14.3 Å². The molecule has 0 spiro atoms. The van der Waals surface area contributed by atoms with Crippen LogP contribution in [0.5, 0.6) is 0 Å². The summed E-state index contributed by atoms with van der Waals surface area (Å²) in [6, 6.07) is -0.632. The van der Waals surface area contributed by atoms with Crippen LogP contribution in [0.3, 0.4) is 0 Å². The molecular formula is C71H137NO5. The molecule has 0 fully saturated rings. The molecule has 3 N–H and O–H groups in total. The van der Waals surface area contributed by atoms with Crippen LogP contribution < -0.4 is 5.32 Å². The van der Waals surface area contributed by atoms with Crippen LogP contribution in [-0.4, -0.2) is 47.4 Å². The second-order valence-electron chi connectivity index (χ2n) is 24.2. The molecule has 456 valence electrons. The SMILES string of the molecule is CCCCCCCCCCCCCCCCCCCCCCC/C=C/C(O)C(CO)NC(=O)CCCCCCCCCC/C=C\CCCCCCCCCCCCCCOC(=O)CCCCCCCCCCCCCCC. The van der Waals surface area contributed by atoms with Gasteiger partial charge >= 0.3 is 5.97 Å². The molecule has 0 aliphatic heterocycles. The van der Waals surface area contributed by atoms with Crippen LogP contribution in [0.25, 0.3) is 0 Å².